The summed E-state index contributed by atoms with van der Waals surface area (Å²) in [5.41, 5.74) is 4.89. The second kappa shape index (κ2) is 10.9. The number of allylic oxidation sites excluding steroid dienone is 1. The van der Waals surface area contributed by atoms with Gasteiger partial charge in [0.1, 0.15) is 12.4 Å². The number of ether oxygens (including phenoxy) is 1. The van der Waals surface area contributed by atoms with Gasteiger partial charge in [0, 0.05) is 36.6 Å². The molecule has 166 valence electrons. The Kier molecular flexibility index (Phi) is 7.98. The molecule has 0 aliphatic heterocycles. The van der Waals surface area contributed by atoms with Crippen LogP contribution in [-0.2, 0) is 13.2 Å². The molecule has 3 heteroatoms. The zero-order valence-electron chi connectivity index (χ0n) is 19.9. The zero-order valence-corrected chi connectivity index (χ0v) is 19.9. The van der Waals surface area contributed by atoms with Crippen LogP contribution in [0, 0.1) is 24.2 Å². The Morgan fingerprint density at radius 3 is 2.53 bits per heavy atom. The van der Waals surface area contributed by atoms with Gasteiger partial charge in [0.05, 0.1) is 0 Å². The maximum atomic E-state index is 6.15. The summed E-state index contributed by atoms with van der Waals surface area (Å²) in [4.78, 5) is 2.26. The molecule has 3 aromatic rings. The normalized spacial score (nSPS) is 11.6. The van der Waals surface area contributed by atoms with Crippen LogP contribution in [0.1, 0.15) is 37.5 Å². The molecule has 32 heavy (non-hydrogen) atoms. The van der Waals surface area contributed by atoms with Crippen LogP contribution in [0.25, 0.3) is 5.69 Å². The lowest BCUT2D eigenvalue weighted by atomic mass is 9.98. The Morgan fingerprint density at radius 1 is 1.03 bits per heavy atom. The van der Waals surface area contributed by atoms with Crippen molar-refractivity contribution in [2.75, 3.05) is 13.6 Å². The summed E-state index contributed by atoms with van der Waals surface area (Å²) in [6.07, 6.45) is 8.20. The molecule has 2 aromatic carbocycles. The van der Waals surface area contributed by atoms with Gasteiger partial charge >= 0.3 is 0 Å². The fourth-order valence-corrected chi connectivity index (χ4v) is 3.42. The van der Waals surface area contributed by atoms with Gasteiger partial charge in [-0.05, 0) is 87.8 Å². The van der Waals surface area contributed by atoms with E-state index in [0.717, 1.165) is 18.8 Å². The highest BCUT2D eigenvalue weighted by molar-refractivity contribution is 5.45. The molecule has 1 aromatic heterocycles. The Bertz CT molecular complexity index is 1090. The average molecular weight is 427 g/mol. The van der Waals surface area contributed by atoms with Gasteiger partial charge in [0.25, 0.3) is 0 Å². The standard InChI is InChI=1S/C29H34N2O/c1-24-26(14-12-16-28(24)31-19-9-10-20-31)23-32-27-15-11-13-25(21-27)22-30(5)18-8-6-7-17-29(2,3)4/h6,8-16,19-21H,18,22-23H2,1-5H3/b8-6+. The van der Waals surface area contributed by atoms with Crippen molar-refractivity contribution in [3.05, 3.63) is 95.8 Å². The number of aromatic nitrogens is 1. The molecule has 0 atom stereocenters. The number of hydrogen-bond acceptors (Lipinski definition) is 2. The Balaban J connectivity index is 1.57. The molecule has 0 N–H and O–H groups in total. The predicted octanol–water partition coefficient (Wildman–Crippen LogP) is 6.40. The smallest absolute Gasteiger partial charge is 0.120 e. The molecule has 0 amide bonds. The SMILES string of the molecule is Cc1c(COc2cccc(CN(C)C/C=C/C#CC(C)(C)C)c2)cccc1-n1cccc1. The summed E-state index contributed by atoms with van der Waals surface area (Å²) in [5, 5.41) is 0. The summed E-state index contributed by atoms with van der Waals surface area (Å²) in [5.74, 6) is 7.24. The molecule has 0 spiro atoms. The Labute approximate surface area is 193 Å². The van der Waals surface area contributed by atoms with E-state index in [1.165, 1.54) is 22.4 Å². The van der Waals surface area contributed by atoms with Crippen molar-refractivity contribution in [3.63, 3.8) is 0 Å². The third-order valence-electron chi connectivity index (χ3n) is 5.11. The van der Waals surface area contributed by atoms with E-state index in [0.29, 0.717) is 6.61 Å². The average Bonchev–Trinajstić information content (AvgIpc) is 3.27. The first-order chi connectivity index (χ1) is 15.3. The van der Waals surface area contributed by atoms with Gasteiger partial charge in [-0.1, -0.05) is 42.2 Å². The van der Waals surface area contributed by atoms with Crippen molar-refractivity contribution in [2.24, 2.45) is 5.41 Å². The number of rotatable bonds is 8. The minimum absolute atomic E-state index is 0.0405. The molecule has 0 aliphatic rings. The van der Waals surface area contributed by atoms with E-state index in [1.807, 2.05) is 24.3 Å². The van der Waals surface area contributed by atoms with Gasteiger partial charge in [-0.25, -0.2) is 0 Å². The quantitative estimate of drug-likeness (QED) is 0.388. The number of benzene rings is 2. The van der Waals surface area contributed by atoms with Gasteiger partial charge < -0.3 is 9.30 Å². The van der Waals surface area contributed by atoms with E-state index in [1.54, 1.807) is 0 Å². The minimum Gasteiger partial charge on any atom is -0.489 e. The van der Waals surface area contributed by atoms with Gasteiger partial charge in [0.15, 0.2) is 0 Å². The van der Waals surface area contributed by atoms with Gasteiger partial charge in [-0.3, -0.25) is 4.90 Å². The first kappa shape index (κ1) is 23.4. The summed E-state index contributed by atoms with van der Waals surface area (Å²) in [7, 11) is 2.12. The van der Waals surface area contributed by atoms with Crippen molar-refractivity contribution in [2.45, 2.75) is 40.8 Å². The summed E-state index contributed by atoms with van der Waals surface area (Å²) >= 11 is 0. The molecule has 0 unspecified atom stereocenters. The summed E-state index contributed by atoms with van der Waals surface area (Å²) < 4.78 is 8.29. The molecule has 3 rings (SSSR count). The molecule has 0 bridgehead atoms. The second-order valence-electron chi connectivity index (χ2n) is 9.21. The van der Waals surface area contributed by atoms with Crippen molar-refractivity contribution >= 4 is 0 Å². The third-order valence-corrected chi connectivity index (χ3v) is 5.11. The van der Waals surface area contributed by atoms with Crippen molar-refractivity contribution in [3.8, 4) is 23.3 Å². The Hall–Kier alpha value is -3.22. The lowest BCUT2D eigenvalue weighted by Crippen LogP contribution is -2.17. The number of nitrogens with zero attached hydrogens (tertiary/aromatic N) is 2. The van der Waals surface area contributed by atoms with Crippen LogP contribution in [0.2, 0.25) is 0 Å². The maximum absolute atomic E-state index is 6.15. The first-order valence-corrected chi connectivity index (χ1v) is 11.1. The van der Waals surface area contributed by atoms with Gasteiger partial charge in [-0.15, -0.1) is 0 Å². The van der Waals surface area contributed by atoms with Gasteiger partial charge in [-0.2, -0.15) is 0 Å². The predicted molar refractivity (Wildman–Crippen MR) is 134 cm³/mol. The fourth-order valence-electron chi connectivity index (χ4n) is 3.42. The molecule has 0 saturated heterocycles. The highest BCUT2D eigenvalue weighted by Crippen LogP contribution is 2.21. The molecule has 3 nitrogen and oxygen atoms in total. The maximum Gasteiger partial charge on any atom is 0.120 e. The van der Waals surface area contributed by atoms with E-state index in [-0.39, 0.29) is 5.41 Å². The van der Waals surface area contributed by atoms with E-state index in [4.69, 9.17) is 4.74 Å². The monoisotopic (exact) mass is 426 g/mol. The Morgan fingerprint density at radius 2 is 1.78 bits per heavy atom. The number of likely N-dealkylation sites (N-methyl/N-ethyl adjacent to an activating group) is 1. The highest BCUT2D eigenvalue weighted by Gasteiger charge is 2.07. The molecule has 0 radical (unpaired) electrons. The lowest BCUT2D eigenvalue weighted by molar-refractivity contribution is 0.303. The molecular formula is C29H34N2O. The van der Waals surface area contributed by atoms with Crippen LogP contribution in [0.15, 0.2) is 79.1 Å². The van der Waals surface area contributed by atoms with Crippen molar-refractivity contribution in [1.29, 1.82) is 0 Å². The van der Waals surface area contributed by atoms with Crippen LogP contribution in [0.4, 0.5) is 0 Å². The van der Waals surface area contributed by atoms with Crippen LogP contribution < -0.4 is 4.74 Å². The summed E-state index contributed by atoms with van der Waals surface area (Å²) in [6, 6.07) is 18.8. The van der Waals surface area contributed by atoms with Crippen LogP contribution in [0.5, 0.6) is 5.75 Å². The van der Waals surface area contributed by atoms with Crippen molar-refractivity contribution < 1.29 is 4.74 Å². The van der Waals surface area contributed by atoms with Crippen molar-refractivity contribution in [1.82, 2.24) is 9.47 Å². The topological polar surface area (TPSA) is 17.4 Å². The van der Waals surface area contributed by atoms with Crippen LogP contribution >= 0.6 is 0 Å². The third kappa shape index (κ3) is 7.18. The fraction of sp³-hybridized carbons (Fsp3) is 0.310. The van der Waals surface area contributed by atoms with E-state index in [9.17, 15) is 0 Å². The molecule has 0 saturated carbocycles. The van der Waals surface area contributed by atoms with Crippen LogP contribution in [0.3, 0.4) is 0 Å². The van der Waals surface area contributed by atoms with Crippen LogP contribution in [-0.4, -0.2) is 23.1 Å². The molecular weight excluding hydrogens is 392 g/mol. The zero-order chi connectivity index (χ0) is 23.0. The second-order valence-corrected chi connectivity index (χ2v) is 9.21. The molecule has 0 fully saturated rings. The number of hydrogen-bond donors (Lipinski definition) is 0. The highest BCUT2D eigenvalue weighted by atomic mass is 16.5. The largest absolute Gasteiger partial charge is 0.489 e. The van der Waals surface area contributed by atoms with E-state index >= 15 is 0 Å². The molecule has 0 aliphatic carbocycles. The van der Waals surface area contributed by atoms with E-state index in [2.05, 4.69) is 111 Å². The minimum atomic E-state index is 0.0405. The summed E-state index contributed by atoms with van der Waals surface area (Å²) in [6.45, 7) is 10.8. The first-order valence-electron chi connectivity index (χ1n) is 11.1. The lowest BCUT2D eigenvalue weighted by Gasteiger charge is -2.16. The van der Waals surface area contributed by atoms with E-state index < -0.39 is 0 Å². The molecule has 1 heterocycles. The van der Waals surface area contributed by atoms with Gasteiger partial charge in [0.2, 0.25) is 0 Å².